The predicted molar refractivity (Wildman–Crippen MR) is 115 cm³/mol. The van der Waals surface area contributed by atoms with Crippen LogP contribution in [-0.4, -0.2) is 39.2 Å². The molecule has 0 N–H and O–H groups in total. The van der Waals surface area contributed by atoms with Gasteiger partial charge in [-0.05, 0) is 62.1 Å². The van der Waals surface area contributed by atoms with Gasteiger partial charge in [-0.3, -0.25) is 14.3 Å². The van der Waals surface area contributed by atoms with E-state index in [9.17, 15) is 4.79 Å². The highest BCUT2D eigenvalue weighted by molar-refractivity contribution is 7.98. The third-order valence-electron chi connectivity index (χ3n) is 5.00. The summed E-state index contributed by atoms with van der Waals surface area (Å²) in [7, 11) is 1.69. The molecule has 0 aliphatic carbocycles. The van der Waals surface area contributed by atoms with E-state index < -0.39 is 0 Å². The number of hydrogen-bond acceptors (Lipinski definition) is 6. The topological polar surface area (TPSA) is 69.9 Å². The number of pyridine rings is 1. The van der Waals surface area contributed by atoms with Crippen LogP contribution in [0.15, 0.2) is 35.7 Å². The molecule has 0 atom stereocenters. The smallest absolute Gasteiger partial charge is 0.191 e. The van der Waals surface area contributed by atoms with Crippen molar-refractivity contribution < 1.29 is 9.53 Å². The molecule has 0 amide bonds. The molecule has 3 rings (SSSR count). The van der Waals surface area contributed by atoms with Gasteiger partial charge in [0.05, 0.1) is 13.2 Å². The summed E-state index contributed by atoms with van der Waals surface area (Å²) in [4.78, 5) is 16.2. The number of Topliss-reactive ketones (excluding diaryl/α,β-unsaturated/α-hetero) is 1. The molecule has 0 saturated heterocycles. The van der Waals surface area contributed by atoms with Crippen molar-refractivity contribution >= 4 is 17.5 Å². The molecule has 0 aliphatic rings. The van der Waals surface area contributed by atoms with Gasteiger partial charge >= 0.3 is 0 Å². The summed E-state index contributed by atoms with van der Waals surface area (Å²) in [5.74, 6) is 1.63. The van der Waals surface area contributed by atoms with Gasteiger partial charge in [0.1, 0.15) is 0 Å². The van der Waals surface area contributed by atoms with E-state index in [1.54, 1.807) is 38.2 Å². The fourth-order valence-corrected chi connectivity index (χ4v) is 4.77. The largest absolute Gasteiger partial charge is 0.383 e. The minimum Gasteiger partial charge on any atom is -0.383 e. The Hall–Kier alpha value is -2.51. The van der Waals surface area contributed by atoms with Gasteiger partial charge in [-0.2, -0.15) is 0 Å². The molecule has 0 spiro atoms. The summed E-state index contributed by atoms with van der Waals surface area (Å²) in [5, 5.41) is 9.67. The quantitative estimate of drug-likeness (QED) is 0.405. The first-order valence-electron chi connectivity index (χ1n) is 9.50. The molecule has 6 nitrogen and oxygen atoms in total. The van der Waals surface area contributed by atoms with Crippen LogP contribution in [0.5, 0.6) is 0 Å². The molecule has 0 fully saturated rings. The maximum Gasteiger partial charge on any atom is 0.191 e. The SMILES string of the molecule is COCCn1c(SCc2c(C)cc(C)c(C(C)=O)c2C)nnc1-c1ccncc1. The van der Waals surface area contributed by atoms with E-state index >= 15 is 0 Å². The zero-order chi connectivity index (χ0) is 21.0. The summed E-state index contributed by atoms with van der Waals surface area (Å²) in [6.45, 7) is 8.98. The average Bonchev–Trinajstić information content (AvgIpc) is 3.09. The molecule has 7 heteroatoms. The highest BCUT2D eigenvalue weighted by atomic mass is 32.2. The van der Waals surface area contributed by atoms with Crippen LogP contribution < -0.4 is 0 Å². The van der Waals surface area contributed by atoms with E-state index in [4.69, 9.17) is 4.74 Å². The van der Waals surface area contributed by atoms with Crippen LogP contribution in [0.2, 0.25) is 0 Å². The lowest BCUT2D eigenvalue weighted by Gasteiger charge is -2.16. The number of methoxy groups -OCH3 is 1. The van der Waals surface area contributed by atoms with Crippen molar-refractivity contribution in [1.82, 2.24) is 19.7 Å². The van der Waals surface area contributed by atoms with Crippen LogP contribution in [0.4, 0.5) is 0 Å². The maximum atomic E-state index is 12.1. The first-order chi connectivity index (χ1) is 13.9. The van der Waals surface area contributed by atoms with Crippen LogP contribution in [0.1, 0.15) is 39.5 Å². The second kappa shape index (κ2) is 9.33. The summed E-state index contributed by atoms with van der Waals surface area (Å²) in [5.41, 5.74) is 6.25. The molecular formula is C22H26N4O2S. The molecule has 152 valence electrons. The number of thioether (sulfide) groups is 1. The minimum absolute atomic E-state index is 0.106. The third-order valence-corrected chi connectivity index (χ3v) is 6.00. The van der Waals surface area contributed by atoms with Gasteiger partial charge in [0.25, 0.3) is 0 Å². The average molecular weight is 411 g/mol. The lowest BCUT2D eigenvalue weighted by molar-refractivity contribution is 0.101. The summed E-state index contributed by atoms with van der Waals surface area (Å²) in [6, 6.07) is 5.95. The Balaban J connectivity index is 1.93. The molecule has 0 saturated carbocycles. The first kappa shape index (κ1) is 21.2. The Morgan fingerprint density at radius 2 is 1.86 bits per heavy atom. The molecule has 0 radical (unpaired) electrons. The number of aromatic nitrogens is 4. The number of carbonyl (C=O) groups excluding carboxylic acids is 1. The highest BCUT2D eigenvalue weighted by Crippen LogP contribution is 2.31. The fourth-order valence-electron chi connectivity index (χ4n) is 3.62. The number of ether oxygens (including phenoxy) is 1. The minimum atomic E-state index is 0.106. The second-order valence-electron chi connectivity index (χ2n) is 7.02. The molecule has 2 aromatic heterocycles. The zero-order valence-corrected chi connectivity index (χ0v) is 18.3. The molecule has 0 bridgehead atoms. The van der Waals surface area contributed by atoms with Gasteiger partial charge in [-0.15, -0.1) is 10.2 Å². The van der Waals surface area contributed by atoms with Crippen molar-refractivity contribution in [3.05, 3.63) is 58.4 Å². The summed E-state index contributed by atoms with van der Waals surface area (Å²) >= 11 is 1.63. The number of ketones is 1. The van der Waals surface area contributed by atoms with Gasteiger partial charge in [0.15, 0.2) is 16.8 Å². The molecule has 2 heterocycles. The van der Waals surface area contributed by atoms with Crippen molar-refractivity contribution in [2.45, 2.75) is 45.1 Å². The molecule has 0 unspecified atom stereocenters. The van der Waals surface area contributed by atoms with Gasteiger partial charge in [0.2, 0.25) is 0 Å². The lowest BCUT2D eigenvalue weighted by atomic mass is 9.92. The summed E-state index contributed by atoms with van der Waals surface area (Å²) < 4.78 is 7.36. The monoisotopic (exact) mass is 410 g/mol. The number of carbonyl (C=O) groups is 1. The Morgan fingerprint density at radius 1 is 1.14 bits per heavy atom. The number of nitrogens with zero attached hydrogens (tertiary/aromatic N) is 4. The van der Waals surface area contributed by atoms with Crippen LogP contribution in [-0.2, 0) is 17.0 Å². The van der Waals surface area contributed by atoms with Crippen molar-refractivity contribution in [2.75, 3.05) is 13.7 Å². The van der Waals surface area contributed by atoms with Crippen LogP contribution in [0.3, 0.4) is 0 Å². The van der Waals surface area contributed by atoms with Crippen molar-refractivity contribution in [1.29, 1.82) is 0 Å². The van der Waals surface area contributed by atoms with Gasteiger partial charge < -0.3 is 4.74 Å². The van der Waals surface area contributed by atoms with Gasteiger partial charge in [-0.25, -0.2) is 0 Å². The fraction of sp³-hybridized carbons (Fsp3) is 0.364. The van der Waals surface area contributed by atoms with E-state index in [-0.39, 0.29) is 5.78 Å². The molecule has 29 heavy (non-hydrogen) atoms. The van der Waals surface area contributed by atoms with Crippen molar-refractivity contribution in [3.63, 3.8) is 0 Å². The number of rotatable bonds is 8. The van der Waals surface area contributed by atoms with Crippen LogP contribution in [0.25, 0.3) is 11.4 Å². The molecule has 3 aromatic rings. The zero-order valence-electron chi connectivity index (χ0n) is 17.5. The molecule has 0 aliphatic heterocycles. The Labute approximate surface area is 175 Å². The van der Waals surface area contributed by atoms with E-state index in [1.807, 2.05) is 26.0 Å². The number of hydrogen-bond donors (Lipinski definition) is 0. The van der Waals surface area contributed by atoms with Crippen molar-refractivity contribution in [3.8, 4) is 11.4 Å². The van der Waals surface area contributed by atoms with E-state index in [0.717, 1.165) is 39.0 Å². The Kier molecular flexibility index (Phi) is 6.82. The number of aryl methyl sites for hydroxylation is 2. The van der Waals surface area contributed by atoms with E-state index in [2.05, 4.69) is 32.7 Å². The first-order valence-corrected chi connectivity index (χ1v) is 10.5. The second-order valence-corrected chi connectivity index (χ2v) is 7.96. The van der Waals surface area contributed by atoms with Gasteiger partial charge in [0, 0.05) is 36.4 Å². The van der Waals surface area contributed by atoms with Crippen LogP contribution >= 0.6 is 11.8 Å². The molecule has 1 aromatic carbocycles. The highest BCUT2D eigenvalue weighted by Gasteiger charge is 2.18. The molecular weight excluding hydrogens is 384 g/mol. The Bertz CT molecular complexity index is 1020. The summed E-state index contributed by atoms with van der Waals surface area (Å²) in [6.07, 6.45) is 3.50. The van der Waals surface area contributed by atoms with Crippen LogP contribution in [0, 0.1) is 20.8 Å². The Morgan fingerprint density at radius 3 is 2.52 bits per heavy atom. The van der Waals surface area contributed by atoms with Crippen molar-refractivity contribution in [2.24, 2.45) is 0 Å². The van der Waals surface area contributed by atoms with Gasteiger partial charge in [-0.1, -0.05) is 17.8 Å². The lowest BCUT2D eigenvalue weighted by Crippen LogP contribution is -2.08. The van der Waals surface area contributed by atoms with E-state index in [0.29, 0.717) is 13.2 Å². The third kappa shape index (κ3) is 4.57. The normalized spacial score (nSPS) is 11.1. The number of benzene rings is 1. The standard InChI is InChI=1S/C22H26N4O2S/c1-14-12-15(2)20(17(4)27)16(3)19(14)13-29-22-25-24-21(26(22)10-11-28-5)18-6-8-23-9-7-18/h6-9,12H,10-11,13H2,1-5H3. The maximum absolute atomic E-state index is 12.1. The van der Waals surface area contributed by atoms with E-state index in [1.165, 1.54) is 11.1 Å². The predicted octanol–water partition coefficient (Wildman–Crippen LogP) is 4.41.